The van der Waals surface area contributed by atoms with Gasteiger partial charge in [-0.3, -0.25) is 0 Å². The monoisotopic (exact) mass is 521 g/mol. The molecule has 0 spiro atoms. The number of benzene rings is 2. The average Bonchev–Trinajstić information content (AvgIpc) is 3.65. The van der Waals surface area contributed by atoms with Crippen LogP contribution in [0.5, 0.6) is 0 Å². The van der Waals surface area contributed by atoms with Crippen molar-refractivity contribution in [3.05, 3.63) is 71.3 Å². The zero-order valence-corrected chi connectivity index (χ0v) is 21.2. The Morgan fingerprint density at radius 2 is 1.55 bits per heavy atom. The zero-order chi connectivity index (χ0) is 23.9. The fourth-order valence-electron chi connectivity index (χ4n) is 5.07. The molecule has 1 N–H and O–H groups in total. The van der Waals surface area contributed by atoms with Crippen LogP contribution < -0.4 is 0 Å². The van der Waals surface area contributed by atoms with Crippen LogP contribution in [-0.2, 0) is 11.0 Å². The summed E-state index contributed by atoms with van der Waals surface area (Å²) in [5.41, 5.74) is -1.29. The number of hydrogen-bond donors (Lipinski definition) is 1. The smallest absolute Gasteiger partial charge is 0.167 e. The molecule has 1 amide bonds. The molecular formula is C26H31AsF3NO2. The number of aliphatic hydroxyl groups is 1. The largest absolute Gasteiger partial charge is 0.421 e. The summed E-state index contributed by atoms with van der Waals surface area (Å²) < 4.78 is 39.5. The summed E-state index contributed by atoms with van der Waals surface area (Å²) in [5.74, 6) is -0.117. The molecule has 178 valence electrons. The number of hydrogen-bond acceptors (Lipinski definition) is 2. The van der Waals surface area contributed by atoms with Crippen molar-refractivity contribution in [1.82, 2.24) is 4.90 Å². The van der Waals surface area contributed by atoms with Crippen LogP contribution in [0.25, 0.3) is 0 Å². The van der Waals surface area contributed by atoms with Crippen LogP contribution >= 0.6 is 0 Å². The minimum Gasteiger partial charge on any atom is -0.167 e. The van der Waals surface area contributed by atoms with E-state index in [4.69, 9.17) is 0 Å². The Morgan fingerprint density at radius 3 is 2.03 bits per heavy atom. The Balaban J connectivity index is 1.50. The number of halogens is 3. The van der Waals surface area contributed by atoms with E-state index in [1.807, 2.05) is 11.0 Å². The second-order valence-corrected chi connectivity index (χ2v) is 10.5. The Kier molecular flexibility index (Phi) is 6.72. The Morgan fingerprint density at radius 1 is 1.00 bits per heavy atom. The second-order valence-electron chi connectivity index (χ2n) is 9.67. The van der Waals surface area contributed by atoms with Crippen molar-refractivity contribution in [2.75, 3.05) is 0 Å². The SMILES string of the molecule is C[C@](O)(c1ccc(C(=O)N(C2CC2)[C@H]2CC[C@@](C[AsH2])(c3ccccc3)CC2)cc1)C(F)(F)F. The van der Waals surface area contributed by atoms with E-state index in [2.05, 4.69) is 24.3 Å². The fraction of sp³-hybridized carbons (Fsp3) is 0.500. The van der Waals surface area contributed by atoms with E-state index in [9.17, 15) is 23.1 Å². The van der Waals surface area contributed by atoms with Gasteiger partial charge in [0, 0.05) is 0 Å². The predicted octanol–water partition coefficient (Wildman–Crippen LogP) is 4.99. The molecule has 0 aliphatic heterocycles. The van der Waals surface area contributed by atoms with E-state index in [-0.39, 0.29) is 29.0 Å². The number of alkyl halides is 3. The van der Waals surface area contributed by atoms with Gasteiger partial charge in [0.25, 0.3) is 0 Å². The Hall–Kier alpha value is -1.78. The van der Waals surface area contributed by atoms with Gasteiger partial charge in [0.2, 0.25) is 0 Å². The molecule has 2 atom stereocenters. The molecule has 2 aliphatic rings. The van der Waals surface area contributed by atoms with Gasteiger partial charge in [0.1, 0.15) is 0 Å². The molecule has 0 aromatic heterocycles. The summed E-state index contributed by atoms with van der Waals surface area (Å²) in [6.07, 6.45) is 1.09. The third-order valence-corrected chi connectivity index (χ3v) is 9.14. The Labute approximate surface area is 201 Å². The molecule has 0 radical (unpaired) electrons. The molecule has 2 aliphatic carbocycles. The van der Waals surface area contributed by atoms with Crippen LogP contribution in [0.3, 0.4) is 0 Å². The topological polar surface area (TPSA) is 40.5 Å². The summed E-state index contributed by atoms with van der Waals surface area (Å²) in [6.45, 7) is 0.733. The van der Waals surface area contributed by atoms with Crippen LogP contribution in [0.1, 0.15) is 66.9 Å². The molecule has 0 bridgehead atoms. The molecule has 3 nitrogen and oxygen atoms in total. The zero-order valence-electron chi connectivity index (χ0n) is 18.8. The van der Waals surface area contributed by atoms with Crippen molar-refractivity contribution in [2.45, 2.75) is 79.9 Å². The maximum absolute atomic E-state index is 13.4. The molecule has 2 fully saturated rings. The van der Waals surface area contributed by atoms with Crippen LogP contribution in [0.4, 0.5) is 13.2 Å². The van der Waals surface area contributed by atoms with Gasteiger partial charge in [-0.2, -0.15) is 13.2 Å². The fourth-order valence-corrected chi connectivity index (χ4v) is 6.42. The summed E-state index contributed by atoms with van der Waals surface area (Å²) in [4.78, 5) is 15.4. The third kappa shape index (κ3) is 4.74. The van der Waals surface area contributed by atoms with Gasteiger partial charge in [-0.15, -0.1) is 0 Å². The van der Waals surface area contributed by atoms with Crippen molar-refractivity contribution in [1.29, 1.82) is 0 Å². The molecule has 2 aromatic rings. The van der Waals surface area contributed by atoms with Gasteiger partial charge in [-0.25, -0.2) is 0 Å². The molecule has 2 aromatic carbocycles. The van der Waals surface area contributed by atoms with Gasteiger partial charge in [-0.05, 0) is 6.92 Å². The van der Waals surface area contributed by atoms with Crippen molar-refractivity contribution in [3.63, 3.8) is 0 Å². The van der Waals surface area contributed by atoms with Crippen molar-refractivity contribution in [2.24, 2.45) is 0 Å². The molecule has 4 rings (SSSR count). The van der Waals surface area contributed by atoms with Crippen LogP contribution in [0, 0.1) is 0 Å². The molecule has 1 unspecified atom stereocenters. The normalized spacial score (nSPS) is 25.3. The van der Waals surface area contributed by atoms with E-state index >= 15 is 0 Å². The standard InChI is InChI=1S/C26H31AsF3NO2/c1-24(33,26(28,29)30)19-9-7-18(8-10-19)23(32)31(21-11-12-21)22-13-15-25(17-27,16-14-22)20-5-3-2-4-6-20/h2-10,21-22,33H,11-17,27H2,1H3/t22-,24-,25+/m0/s1. The Bertz CT molecular complexity index is 963. The average molecular weight is 521 g/mol. The van der Waals surface area contributed by atoms with Crippen molar-refractivity contribution >= 4 is 22.8 Å². The summed E-state index contributed by atoms with van der Waals surface area (Å²) >= 11 is 1.73. The number of rotatable bonds is 6. The van der Waals surface area contributed by atoms with Crippen LogP contribution in [0.15, 0.2) is 54.6 Å². The maximum atomic E-state index is 13.4. The van der Waals surface area contributed by atoms with E-state index in [0.29, 0.717) is 5.56 Å². The number of nitrogens with zero attached hydrogens (tertiary/aromatic N) is 1. The minimum absolute atomic E-state index is 0.117. The van der Waals surface area contributed by atoms with Gasteiger partial charge in [0.05, 0.1) is 0 Å². The first-order valence-corrected chi connectivity index (χ1v) is 13.3. The van der Waals surface area contributed by atoms with E-state index in [1.165, 1.54) is 29.8 Å². The minimum atomic E-state index is -4.79. The molecular weight excluding hydrogens is 490 g/mol. The van der Waals surface area contributed by atoms with E-state index in [0.717, 1.165) is 50.7 Å². The molecule has 0 heterocycles. The van der Waals surface area contributed by atoms with E-state index < -0.39 is 11.8 Å². The van der Waals surface area contributed by atoms with Gasteiger partial charge in [0.15, 0.2) is 0 Å². The van der Waals surface area contributed by atoms with Crippen molar-refractivity contribution < 1.29 is 23.1 Å². The van der Waals surface area contributed by atoms with Gasteiger partial charge < -0.3 is 5.11 Å². The van der Waals surface area contributed by atoms with Gasteiger partial charge in [-0.1, -0.05) is 0 Å². The number of carbonyl (C=O) groups excluding carboxylic acids is 1. The maximum Gasteiger partial charge on any atom is 0.421 e. The molecule has 7 heteroatoms. The quantitative estimate of drug-likeness (QED) is 0.545. The van der Waals surface area contributed by atoms with Crippen molar-refractivity contribution in [3.8, 4) is 0 Å². The number of carbonyl (C=O) groups is 1. The first-order valence-electron chi connectivity index (χ1n) is 11.6. The summed E-state index contributed by atoms with van der Waals surface area (Å²) in [7, 11) is 0. The predicted molar refractivity (Wildman–Crippen MR) is 125 cm³/mol. The second kappa shape index (κ2) is 9.11. The number of amides is 1. The molecule has 2 saturated carbocycles. The van der Waals surface area contributed by atoms with Gasteiger partial charge >= 0.3 is 177 Å². The molecule has 0 saturated heterocycles. The first-order chi connectivity index (χ1) is 15.6. The van der Waals surface area contributed by atoms with Crippen LogP contribution in [0.2, 0.25) is 5.21 Å². The van der Waals surface area contributed by atoms with Crippen LogP contribution in [-0.4, -0.2) is 51.0 Å². The summed E-state index contributed by atoms with van der Waals surface area (Å²) in [6, 6.07) is 16.3. The van der Waals surface area contributed by atoms with E-state index in [1.54, 1.807) is 16.9 Å². The molecule has 33 heavy (non-hydrogen) atoms. The third-order valence-electron chi connectivity index (χ3n) is 7.50. The summed E-state index contributed by atoms with van der Waals surface area (Å²) in [5, 5.41) is 11.0. The first kappa shape index (κ1) is 24.3.